The van der Waals surface area contributed by atoms with E-state index in [0.717, 1.165) is 25.6 Å². The van der Waals surface area contributed by atoms with Crippen molar-refractivity contribution in [3.63, 3.8) is 0 Å². The first-order valence-electron chi connectivity index (χ1n) is 6.01. The van der Waals surface area contributed by atoms with Crippen molar-refractivity contribution in [2.45, 2.75) is 45.2 Å². The Bertz CT molecular complexity index is 188. The first-order chi connectivity index (χ1) is 7.05. The van der Waals surface area contributed by atoms with Crippen LogP contribution in [0.1, 0.15) is 33.6 Å². The van der Waals surface area contributed by atoms with E-state index in [9.17, 15) is 0 Å². The molecule has 0 atom stereocenters. The molecule has 1 rings (SSSR count). The number of methoxy groups -OCH3 is 1. The molecule has 0 amide bonds. The summed E-state index contributed by atoms with van der Waals surface area (Å²) in [5.41, 5.74) is 6.22. The Morgan fingerprint density at radius 1 is 1.47 bits per heavy atom. The van der Waals surface area contributed by atoms with Gasteiger partial charge in [-0.3, -0.25) is 4.90 Å². The standard InChI is InChI=1S/C12H26N2O/c1-10(2)14(5-6-15-4)12(9-13)7-11(3)8-12/h10-11H,5-9,13H2,1-4H3. The van der Waals surface area contributed by atoms with E-state index in [1.54, 1.807) is 7.11 Å². The topological polar surface area (TPSA) is 38.5 Å². The number of hydrogen-bond acceptors (Lipinski definition) is 3. The maximum absolute atomic E-state index is 5.96. The van der Waals surface area contributed by atoms with E-state index in [1.807, 2.05) is 0 Å². The predicted molar refractivity (Wildman–Crippen MR) is 63.9 cm³/mol. The van der Waals surface area contributed by atoms with Gasteiger partial charge in [0, 0.05) is 31.8 Å². The van der Waals surface area contributed by atoms with E-state index >= 15 is 0 Å². The molecular weight excluding hydrogens is 188 g/mol. The second-order valence-corrected chi connectivity index (χ2v) is 5.22. The van der Waals surface area contributed by atoms with Gasteiger partial charge in [-0.05, 0) is 32.6 Å². The van der Waals surface area contributed by atoms with Gasteiger partial charge in [-0.2, -0.15) is 0 Å². The first-order valence-corrected chi connectivity index (χ1v) is 6.01. The van der Waals surface area contributed by atoms with Crippen LogP contribution in [0.4, 0.5) is 0 Å². The average molecular weight is 214 g/mol. The van der Waals surface area contributed by atoms with Crippen LogP contribution in [0.3, 0.4) is 0 Å². The summed E-state index contributed by atoms with van der Waals surface area (Å²) in [5.74, 6) is 0.831. The molecule has 0 unspecified atom stereocenters. The molecule has 0 aromatic heterocycles. The number of nitrogens with two attached hydrogens (primary N) is 1. The molecule has 0 spiro atoms. The third kappa shape index (κ3) is 2.71. The summed E-state index contributed by atoms with van der Waals surface area (Å²) in [6.07, 6.45) is 2.48. The number of rotatable bonds is 6. The van der Waals surface area contributed by atoms with Gasteiger partial charge in [-0.15, -0.1) is 0 Å². The molecule has 2 N–H and O–H groups in total. The number of ether oxygens (including phenoxy) is 1. The van der Waals surface area contributed by atoms with Crippen LogP contribution in [0.25, 0.3) is 0 Å². The molecular formula is C12H26N2O. The third-order valence-electron chi connectivity index (χ3n) is 3.61. The fourth-order valence-corrected chi connectivity index (χ4v) is 2.99. The van der Waals surface area contributed by atoms with E-state index < -0.39 is 0 Å². The summed E-state index contributed by atoms with van der Waals surface area (Å²) in [4.78, 5) is 2.52. The highest BCUT2D eigenvalue weighted by molar-refractivity contribution is 5.03. The van der Waals surface area contributed by atoms with Crippen LogP contribution in [0, 0.1) is 5.92 Å². The highest BCUT2D eigenvalue weighted by atomic mass is 16.5. The van der Waals surface area contributed by atoms with Crippen LogP contribution >= 0.6 is 0 Å². The van der Waals surface area contributed by atoms with Gasteiger partial charge in [0.05, 0.1) is 6.61 Å². The van der Waals surface area contributed by atoms with Crippen molar-refractivity contribution in [2.75, 3.05) is 26.8 Å². The Morgan fingerprint density at radius 2 is 2.07 bits per heavy atom. The van der Waals surface area contributed by atoms with Gasteiger partial charge in [0.25, 0.3) is 0 Å². The maximum Gasteiger partial charge on any atom is 0.0590 e. The maximum atomic E-state index is 5.96. The molecule has 0 aromatic carbocycles. The summed E-state index contributed by atoms with van der Waals surface area (Å²) >= 11 is 0. The lowest BCUT2D eigenvalue weighted by molar-refractivity contribution is -0.0437. The fraction of sp³-hybridized carbons (Fsp3) is 1.00. The molecule has 0 aliphatic heterocycles. The smallest absolute Gasteiger partial charge is 0.0590 e. The molecule has 0 saturated heterocycles. The molecule has 3 heteroatoms. The SMILES string of the molecule is COCCN(C(C)C)C1(CN)CC(C)C1. The van der Waals surface area contributed by atoms with Crippen LogP contribution in [-0.2, 0) is 4.74 Å². The molecule has 0 aromatic rings. The molecule has 1 fully saturated rings. The minimum atomic E-state index is 0.256. The predicted octanol–water partition coefficient (Wildman–Crippen LogP) is 1.47. The summed E-state index contributed by atoms with van der Waals surface area (Å²) < 4.78 is 5.18. The number of hydrogen-bond donors (Lipinski definition) is 1. The van der Waals surface area contributed by atoms with Crippen LogP contribution in [-0.4, -0.2) is 43.3 Å². The van der Waals surface area contributed by atoms with Gasteiger partial charge < -0.3 is 10.5 Å². The fourth-order valence-electron chi connectivity index (χ4n) is 2.99. The van der Waals surface area contributed by atoms with E-state index in [2.05, 4.69) is 25.7 Å². The molecule has 15 heavy (non-hydrogen) atoms. The molecule has 1 saturated carbocycles. The van der Waals surface area contributed by atoms with Crippen LogP contribution < -0.4 is 5.73 Å². The summed E-state index contributed by atoms with van der Waals surface area (Å²) in [7, 11) is 1.76. The third-order valence-corrected chi connectivity index (χ3v) is 3.61. The van der Waals surface area contributed by atoms with Gasteiger partial charge in [-0.1, -0.05) is 6.92 Å². The molecule has 1 aliphatic rings. The number of nitrogens with zero attached hydrogens (tertiary/aromatic N) is 1. The van der Waals surface area contributed by atoms with Crippen molar-refractivity contribution in [1.29, 1.82) is 0 Å². The van der Waals surface area contributed by atoms with Crippen LogP contribution in [0.15, 0.2) is 0 Å². The zero-order valence-corrected chi connectivity index (χ0v) is 10.6. The lowest BCUT2D eigenvalue weighted by atomic mass is 9.67. The van der Waals surface area contributed by atoms with Crippen molar-refractivity contribution >= 4 is 0 Å². The van der Waals surface area contributed by atoms with E-state index in [0.29, 0.717) is 6.04 Å². The normalized spacial score (nSPS) is 31.0. The monoisotopic (exact) mass is 214 g/mol. The molecule has 90 valence electrons. The molecule has 0 heterocycles. The lowest BCUT2D eigenvalue weighted by Crippen LogP contribution is -2.63. The van der Waals surface area contributed by atoms with Crippen molar-refractivity contribution in [2.24, 2.45) is 11.7 Å². The Morgan fingerprint density at radius 3 is 2.40 bits per heavy atom. The minimum absolute atomic E-state index is 0.256. The Labute approximate surface area is 94.0 Å². The zero-order valence-electron chi connectivity index (χ0n) is 10.6. The van der Waals surface area contributed by atoms with Crippen molar-refractivity contribution in [3.05, 3.63) is 0 Å². The Balaban J connectivity index is 2.60. The molecule has 3 nitrogen and oxygen atoms in total. The second-order valence-electron chi connectivity index (χ2n) is 5.22. The van der Waals surface area contributed by atoms with Gasteiger partial charge in [0.15, 0.2) is 0 Å². The van der Waals surface area contributed by atoms with Crippen LogP contribution in [0.5, 0.6) is 0 Å². The molecule has 0 bridgehead atoms. The average Bonchev–Trinajstić information content (AvgIpc) is 2.14. The minimum Gasteiger partial charge on any atom is -0.383 e. The lowest BCUT2D eigenvalue weighted by Gasteiger charge is -2.55. The Kier molecular flexibility index (Phi) is 4.56. The van der Waals surface area contributed by atoms with Gasteiger partial charge in [-0.25, -0.2) is 0 Å². The van der Waals surface area contributed by atoms with Gasteiger partial charge >= 0.3 is 0 Å². The highest BCUT2D eigenvalue weighted by Crippen LogP contribution is 2.42. The van der Waals surface area contributed by atoms with E-state index in [1.165, 1.54) is 12.8 Å². The van der Waals surface area contributed by atoms with E-state index in [4.69, 9.17) is 10.5 Å². The summed E-state index contributed by atoms with van der Waals surface area (Å²) in [6.45, 7) is 9.38. The zero-order chi connectivity index (χ0) is 11.5. The van der Waals surface area contributed by atoms with Gasteiger partial charge in [0.1, 0.15) is 0 Å². The Hall–Kier alpha value is -0.120. The van der Waals surface area contributed by atoms with Crippen molar-refractivity contribution in [1.82, 2.24) is 4.90 Å². The van der Waals surface area contributed by atoms with E-state index in [-0.39, 0.29) is 5.54 Å². The van der Waals surface area contributed by atoms with Crippen molar-refractivity contribution < 1.29 is 4.74 Å². The highest BCUT2D eigenvalue weighted by Gasteiger charge is 2.46. The van der Waals surface area contributed by atoms with Crippen molar-refractivity contribution in [3.8, 4) is 0 Å². The molecule has 0 radical (unpaired) electrons. The molecule has 1 aliphatic carbocycles. The van der Waals surface area contributed by atoms with Gasteiger partial charge in [0.2, 0.25) is 0 Å². The largest absolute Gasteiger partial charge is 0.383 e. The van der Waals surface area contributed by atoms with Crippen LogP contribution in [0.2, 0.25) is 0 Å². The summed E-state index contributed by atoms with van der Waals surface area (Å²) in [6, 6.07) is 0.552. The first kappa shape index (κ1) is 12.9. The summed E-state index contributed by atoms with van der Waals surface area (Å²) in [5, 5.41) is 0. The quantitative estimate of drug-likeness (QED) is 0.727. The second kappa shape index (κ2) is 5.28.